The normalized spacial score (nSPS) is 16.3. The molecular weight excluding hydrogens is 250 g/mol. The number of phenols is 1. The molecule has 0 aromatic heterocycles. The van der Waals surface area contributed by atoms with E-state index in [2.05, 4.69) is 5.32 Å². The van der Waals surface area contributed by atoms with Crippen molar-refractivity contribution in [2.75, 3.05) is 12.4 Å². The predicted octanol–water partition coefficient (Wildman–Crippen LogP) is 2.84. The third-order valence-electron chi connectivity index (χ3n) is 3.66. The molecular formula is C14H18ClNO2. The first kappa shape index (κ1) is 13.2. The van der Waals surface area contributed by atoms with Crippen LogP contribution in [0.1, 0.15) is 35.2 Å². The van der Waals surface area contributed by atoms with E-state index < -0.39 is 0 Å². The molecule has 1 saturated carbocycles. The molecule has 1 fully saturated rings. The van der Waals surface area contributed by atoms with Gasteiger partial charge in [0.05, 0.1) is 0 Å². The average Bonchev–Trinajstić information content (AvgIpc) is 3.07. The Morgan fingerprint density at radius 1 is 1.50 bits per heavy atom. The summed E-state index contributed by atoms with van der Waals surface area (Å²) in [6.07, 6.45) is 3.26. The van der Waals surface area contributed by atoms with E-state index in [0.29, 0.717) is 18.0 Å². The first-order chi connectivity index (χ1) is 8.56. The Bertz CT molecular complexity index is 455. The first-order valence-corrected chi connectivity index (χ1v) is 6.74. The van der Waals surface area contributed by atoms with Gasteiger partial charge in [-0.1, -0.05) is 0 Å². The molecule has 2 N–H and O–H groups in total. The predicted molar refractivity (Wildman–Crippen MR) is 72.2 cm³/mol. The van der Waals surface area contributed by atoms with Crippen molar-refractivity contribution in [3.63, 3.8) is 0 Å². The molecule has 0 saturated heterocycles. The standard InChI is InChI=1S/C14H18ClNO2/c1-10-8-11(17)2-3-12(10)13(18)16-9-14(4-5-14)6-7-15/h2-3,8,17H,4-7,9H2,1H3,(H,16,18). The average molecular weight is 268 g/mol. The molecule has 0 heterocycles. The second kappa shape index (κ2) is 5.19. The number of nitrogens with one attached hydrogen (secondary N) is 1. The maximum Gasteiger partial charge on any atom is 0.251 e. The lowest BCUT2D eigenvalue weighted by atomic mass is 10.0. The molecule has 2 rings (SSSR count). The van der Waals surface area contributed by atoms with Gasteiger partial charge in [-0.3, -0.25) is 4.79 Å². The maximum absolute atomic E-state index is 12.0. The van der Waals surface area contributed by atoms with Gasteiger partial charge in [-0.15, -0.1) is 11.6 Å². The monoisotopic (exact) mass is 267 g/mol. The third kappa shape index (κ3) is 2.96. The minimum atomic E-state index is -0.0756. The number of benzene rings is 1. The van der Waals surface area contributed by atoms with Crippen LogP contribution in [0.5, 0.6) is 5.75 Å². The molecule has 3 nitrogen and oxygen atoms in total. The molecule has 1 aromatic rings. The van der Waals surface area contributed by atoms with Crippen LogP contribution in [0.25, 0.3) is 0 Å². The summed E-state index contributed by atoms with van der Waals surface area (Å²) in [5.74, 6) is 0.756. The molecule has 18 heavy (non-hydrogen) atoms. The number of aromatic hydroxyl groups is 1. The Hall–Kier alpha value is -1.22. The lowest BCUT2D eigenvalue weighted by Gasteiger charge is -2.15. The summed E-state index contributed by atoms with van der Waals surface area (Å²) < 4.78 is 0. The van der Waals surface area contributed by atoms with Crippen LogP contribution < -0.4 is 5.32 Å². The van der Waals surface area contributed by atoms with E-state index >= 15 is 0 Å². The molecule has 0 unspecified atom stereocenters. The number of phenolic OH excluding ortho intramolecular Hbond substituents is 1. The van der Waals surface area contributed by atoms with Crippen LogP contribution in [0.3, 0.4) is 0 Å². The number of alkyl halides is 1. The maximum atomic E-state index is 12.0. The van der Waals surface area contributed by atoms with Crippen molar-refractivity contribution in [3.8, 4) is 5.75 Å². The van der Waals surface area contributed by atoms with Gasteiger partial charge in [-0.25, -0.2) is 0 Å². The fraction of sp³-hybridized carbons (Fsp3) is 0.500. The van der Waals surface area contributed by atoms with E-state index in [4.69, 9.17) is 11.6 Å². The van der Waals surface area contributed by atoms with E-state index in [-0.39, 0.29) is 17.1 Å². The second-order valence-corrected chi connectivity index (χ2v) is 5.50. The minimum absolute atomic E-state index is 0.0756. The molecule has 1 aliphatic carbocycles. The Morgan fingerprint density at radius 3 is 2.78 bits per heavy atom. The van der Waals surface area contributed by atoms with Gasteiger partial charge < -0.3 is 10.4 Å². The molecule has 0 bridgehead atoms. The summed E-state index contributed by atoms with van der Waals surface area (Å²) in [6.45, 7) is 2.51. The van der Waals surface area contributed by atoms with Crippen LogP contribution in [-0.4, -0.2) is 23.4 Å². The highest BCUT2D eigenvalue weighted by Gasteiger charge is 2.41. The fourth-order valence-electron chi connectivity index (χ4n) is 2.16. The number of aryl methyl sites for hydroxylation is 1. The third-order valence-corrected chi connectivity index (χ3v) is 3.85. The second-order valence-electron chi connectivity index (χ2n) is 5.12. The Balaban J connectivity index is 1.96. The molecule has 0 aliphatic heterocycles. The zero-order valence-electron chi connectivity index (χ0n) is 10.5. The lowest BCUT2D eigenvalue weighted by molar-refractivity contribution is 0.0944. The Morgan fingerprint density at radius 2 is 2.22 bits per heavy atom. The van der Waals surface area contributed by atoms with Gasteiger partial charge in [0.2, 0.25) is 0 Å². The summed E-state index contributed by atoms with van der Waals surface area (Å²) >= 11 is 5.76. The zero-order chi connectivity index (χ0) is 13.2. The number of rotatable bonds is 5. The molecule has 1 aromatic carbocycles. The van der Waals surface area contributed by atoms with Crippen molar-refractivity contribution in [2.45, 2.75) is 26.2 Å². The summed E-state index contributed by atoms with van der Waals surface area (Å²) in [5.41, 5.74) is 1.64. The number of amides is 1. The molecule has 1 amide bonds. The highest BCUT2D eigenvalue weighted by Crippen LogP contribution is 2.48. The van der Waals surface area contributed by atoms with Crippen LogP contribution in [0.2, 0.25) is 0 Å². The number of hydrogen-bond donors (Lipinski definition) is 2. The number of halogens is 1. The van der Waals surface area contributed by atoms with Crippen molar-refractivity contribution in [1.82, 2.24) is 5.32 Å². The molecule has 1 aliphatic rings. The summed E-state index contributed by atoms with van der Waals surface area (Å²) in [5, 5.41) is 12.3. The molecule has 0 spiro atoms. The lowest BCUT2D eigenvalue weighted by Crippen LogP contribution is -2.30. The van der Waals surface area contributed by atoms with Gasteiger partial charge in [0.25, 0.3) is 5.91 Å². The number of carbonyl (C=O) groups is 1. The van der Waals surface area contributed by atoms with Crippen molar-refractivity contribution in [1.29, 1.82) is 0 Å². The van der Waals surface area contributed by atoms with E-state index in [9.17, 15) is 9.90 Å². The summed E-state index contributed by atoms with van der Waals surface area (Å²) in [6, 6.07) is 4.79. The minimum Gasteiger partial charge on any atom is -0.508 e. The van der Waals surface area contributed by atoms with E-state index in [1.54, 1.807) is 12.1 Å². The van der Waals surface area contributed by atoms with Gasteiger partial charge in [0.15, 0.2) is 0 Å². The highest BCUT2D eigenvalue weighted by molar-refractivity contribution is 6.17. The number of hydrogen-bond acceptors (Lipinski definition) is 2. The zero-order valence-corrected chi connectivity index (χ0v) is 11.3. The van der Waals surface area contributed by atoms with Gasteiger partial charge in [-0.2, -0.15) is 0 Å². The quantitative estimate of drug-likeness (QED) is 0.806. The van der Waals surface area contributed by atoms with Gasteiger partial charge in [0.1, 0.15) is 5.75 Å². The van der Waals surface area contributed by atoms with Crippen molar-refractivity contribution >= 4 is 17.5 Å². The fourth-order valence-corrected chi connectivity index (χ4v) is 2.56. The topological polar surface area (TPSA) is 49.3 Å². The van der Waals surface area contributed by atoms with E-state index in [0.717, 1.165) is 24.8 Å². The highest BCUT2D eigenvalue weighted by atomic mass is 35.5. The van der Waals surface area contributed by atoms with Gasteiger partial charge in [0, 0.05) is 18.0 Å². The van der Waals surface area contributed by atoms with Crippen LogP contribution in [0.4, 0.5) is 0 Å². The summed E-state index contributed by atoms with van der Waals surface area (Å²) in [7, 11) is 0. The van der Waals surface area contributed by atoms with Crippen LogP contribution >= 0.6 is 11.6 Å². The molecule has 4 heteroatoms. The van der Waals surface area contributed by atoms with Crippen LogP contribution in [0.15, 0.2) is 18.2 Å². The van der Waals surface area contributed by atoms with Crippen LogP contribution in [0, 0.1) is 12.3 Å². The largest absolute Gasteiger partial charge is 0.508 e. The molecule has 0 atom stereocenters. The summed E-state index contributed by atoms with van der Waals surface area (Å²) in [4.78, 5) is 12.0. The van der Waals surface area contributed by atoms with Crippen LogP contribution in [-0.2, 0) is 0 Å². The van der Waals surface area contributed by atoms with Crippen molar-refractivity contribution in [3.05, 3.63) is 29.3 Å². The van der Waals surface area contributed by atoms with Gasteiger partial charge in [-0.05, 0) is 55.4 Å². The van der Waals surface area contributed by atoms with Crippen molar-refractivity contribution < 1.29 is 9.90 Å². The Labute approximate surface area is 112 Å². The Kier molecular flexibility index (Phi) is 3.81. The smallest absolute Gasteiger partial charge is 0.251 e. The number of carbonyl (C=O) groups excluding carboxylic acids is 1. The van der Waals surface area contributed by atoms with E-state index in [1.165, 1.54) is 6.07 Å². The van der Waals surface area contributed by atoms with E-state index in [1.807, 2.05) is 6.92 Å². The van der Waals surface area contributed by atoms with Crippen molar-refractivity contribution in [2.24, 2.45) is 5.41 Å². The van der Waals surface area contributed by atoms with Gasteiger partial charge >= 0.3 is 0 Å². The SMILES string of the molecule is Cc1cc(O)ccc1C(=O)NCC1(CCCl)CC1. The molecule has 98 valence electrons. The molecule has 0 radical (unpaired) electrons. The first-order valence-electron chi connectivity index (χ1n) is 6.20.